The molecule has 1 N–H and O–H groups in total. The van der Waals surface area contributed by atoms with Gasteiger partial charge >= 0.3 is 0 Å². The molecule has 0 aliphatic carbocycles. The molecule has 1 aromatic rings. The number of aryl methyl sites for hydroxylation is 1. The highest BCUT2D eigenvalue weighted by molar-refractivity contribution is 5.42. The monoisotopic (exact) mass is 136 g/mol. The van der Waals surface area contributed by atoms with E-state index in [1.807, 2.05) is 13.1 Å². The predicted octanol–water partition coefficient (Wildman–Crippen LogP) is 1.84. The second-order valence-electron chi connectivity index (χ2n) is 2.35. The Kier molecular flexibility index (Phi) is 2.00. The van der Waals surface area contributed by atoms with Gasteiger partial charge in [0.25, 0.3) is 0 Å². The van der Waals surface area contributed by atoms with Gasteiger partial charge in [-0.2, -0.15) is 0 Å². The molecule has 0 fully saturated rings. The van der Waals surface area contributed by atoms with Crippen LogP contribution in [0.2, 0.25) is 0 Å². The van der Waals surface area contributed by atoms with Crippen LogP contribution in [0, 0.1) is 0 Å². The largest absolute Gasteiger partial charge is 0.345 e. The lowest BCUT2D eigenvalue weighted by Crippen LogP contribution is -1.84. The molecule has 2 radical (unpaired) electrons. The summed E-state index contributed by atoms with van der Waals surface area (Å²) >= 11 is 0. The normalized spacial score (nSPS) is 10.2. The van der Waals surface area contributed by atoms with E-state index in [1.54, 1.807) is 0 Å². The maximum absolute atomic E-state index is 9.21. The van der Waals surface area contributed by atoms with E-state index in [2.05, 4.69) is 11.9 Å². The SMILES string of the molecule is CCc1c[nH]c([N])c1CC. The first-order chi connectivity index (χ1) is 4.79. The fourth-order valence-corrected chi connectivity index (χ4v) is 1.19. The Balaban J connectivity index is 3.01. The molecule has 1 aromatic heterocycles. The number of aromatic nitrogens is 1. The molecular weight excluding hydrogens is 124 g/mol. The lowest BCUT2D eigenvalue weighted by molar-refractivity contribution is 1.05. The summed E-state index contributed by atoms with van der Waals surface area (Å²) in [4.78, 5) is 2.79. The number of rotatable bonds is 2. The third kappa shape index (κ3) is 1.01. The van der Waals surface area contributed by atoms with Gasteiger partial charge in [0.15, 0.2) is 5.82 Å². The summed E-state index contributed by atoms with van der Waals surface area (Å²) in [6.45, 7) is 4.13. The number of aromatic amines is 1. The minimum atomic E-state index is 0.333. The van der Waals surface area contributed by atoms with Crippen molar-refractivity contribution in [2.75, 3.05) is 0 Å². The first-order valence-corrected chi connectivity index (χ1v) is 3.67. The summed E-state index contributed by atoms with van der Waals surface area (Å²) in [6.07, 6.45) is 3.76. The smallest absolute Gasteiger partial charge is 0.156 e. The molecule has 2 heteroatoms. The molecule has 0 atom stereocenters. The zero-order chi connectivity index (χ0) is 7.56. The van der Waals surface area contributed by atoms with Crippen molar-refractivity contribution in [3.05, 3.63) is 17.3 Å². The van der Waals surface area contributed by atoms with Crippen LogP contribution in [0.4, 0.5) is 5.82 Å². The van der Waals surface area contributed by atoms with Gasteiger partial charge in [-0.15, -0.1) is 5.73 Å². The molecule has 0 amide bonds. The maximum Gasteiger partial charge on any atom is 0.156 e. The predicted molar refractivity (Wildman–Crippen MR) is 41.3 cm³/mol. The standard InChI is InChI=1S/C8H12N2/c1-3-6-5-10-8(9)7(6)4-2/h5,10H,3-4H2,1-2H3. The molecule has 0 saturated heterocycles. The van der Waals surface area contributed by atoms with E-state index in [4.69, 9.17) is 0 Å². The van der Waals surface area contributed by atoms with Gasteiger partial charge in [-0.3, -0.25) is 0 Å². The molecule has 0 saturated carbocycles. The van der Waals surface area contributed by atoms with Crippen LogP contribution in [0.5, 0.6) is 0 Å². The van der Waals surface area contributed by atoms with E-state index in [9.17, 15) is 5.73 Å². The Hall–Kier alpha value is -0.920. The average molecular weight is 136 g/mol. The Morgan fingerprint density at radius 1 is 1.40 bits per heavy atom. The zero-order valence-corrected chi connectivity index (χ0v) is 6.44. The van der Waals surface area contributed by atoms with Crippen molar-refractivity contribution >= 4 is 5.82 Å². The van der Waals surface area contributed by atoms with Gasteiger partial charge in [-0.25, -0.2) is 0 Å². The van der Waals surface area contributed by atoms with E-state index in [0.717, 1.165) is 18.4 Å². The van der Waals surface area contributed by atoms with Crippen molar-refractivity contribution in [3.8, 4) is 0 Å². The molecule has 1 heterocycles. The van der Waals surface area contributed by atoms with Crippen LogP contribution in [0.3, 0.4) is 0 Å². The van der Waals surface area contributed by atoms with E-state index in [0.29, 0.717) is 5.82 Å². The van der Waals surface area contributed by atoms with Crippen LogP contribution in [-0.2, 0) is 12.8 Å². The topological polar surface area (TPSA) is 38.1 Å². The van der Waals surface area contributed by atoms with Crippen molar-refractivity contribution in [2.24, 2.45) is 0 Å². The number of hydrogen-bond donors (Lipinski definition) is 1. The third-order valence-electron chi connectivity index (χ3n) is 1.79. The van der Waals surface area contributed by atoms with Gasteiger partial charge in [-0.1, -0.05) is 13.8 Å². The summed E-state index contributed by atoms with van der Waals surface area (Å²) < 4.78 is 0. The summed E-state index contributed by atoms with van der Waals surface area (Å²) in [6, 6.07) is 0. The molecule has 0 bridgehead atoms. The summed E-state index contributed by atoms with van der Waals surface area (Å²) in [5.74, 6) is 0.333. The fraction of sp³-hybridized carbons (Fsp3) is 0.500. The van der Waals surface area contributed by atoms with Crippen LogP contribution in [0.15, 0.2) is 6.20 Å². The molecule has 10 heavy (non-hydrogen) atoms. The minimum Gasteiger partial charge on any atom is -0.345 e. The van der Waals surface area contributed by atoms with E-state index in [-0.39, 0.29) is 0 Å². The molecule has 2 nitrogen and oxygen atoms in total. The van der Waals surface area contributed by atoms with Crippen LogP contribution < -0.4 is 5.73 Å². The summed E-state index contributed by atoms with van der Waals surface area (Å²) in [5, 5.41) is 0. The molecule has 54 valence electrons. The van der Waals surface area contributed by atoms with Crippen LogP contribution in [-0.4, -0.2) is 4.98 Å². The van der Waals surface area contributed by atoms with Crippen LogP contribution in [0.1, 0.15) is 25.0 Å². The van der Waals surface area contributed by atoms with Crippen LogP contribution >= 0.6 is 0 Å². The van der Waals surface area contributed by atoms with Gasteiger partial charge in [0.05, 0.1) is 0 Å². The Labute approximate surface area is 61.4 Å². The molecule has 0 aromatic carbocycles. The number of H-pyrrole nitrogens is 1. The minimum absolute atomic E-state index is 0.333. The first-order valence-electron chi connectivity index (χ1n) is 3.67. The van der Waals surface area contributed by atoms with Gasteiger partial charge in [0.2, 0.25) is 0 Å². The van der Waals surface area contributed by atoms with Crippen LogP contribution in [0.25, 0.3) is 0 Å². The maximum atomic E-state index is 9.21. The molecule has 1 rings (SSSR count). The summed E-state index contributed by atoms with van der Waals surface area (Å²) in [7, 11) is 0. The van der Waals surface area contributed by atoms with Gasteiger partial charge in [-0.05, 0) is 18.4 Å². The highest BCUT2D eigenvalue weighted by Crippen LogP contribution is 2.17. The lowest BCUT2D eigenvalue weighted by atomic mass is 10.1. The van der Waals surface area contributed by atoms with E-state index >= 15 is 0 Å². The third-order valence-corrected chi connectivity index (χ3v) is 1.79. The molecular formula is C8H12N2. The van der Waals surface area contributed by atoms with Crippen molar-refractivity contribution in [1.29, 1.82) is 0 Å². The Morgan fingerprint density at radius 2 is 2.10 bits per heavy atom. The first kappa shape index (κ1) is 7.19. The van der Waals surface area contributed by atoms with Crippen molar-refractivity contribution in [3.63, 3.8) is 0 Å². The van der Waals surface area contributed by atoms with Gasteiger partial charge in [0, 0.05) is 11.8 Å². The van der Waals surface area contributed by atoms with Gasteiger partial charge in [0.1, 0.15) is 0 Å². The highest BCUT2D eigenvalue weighted by atomic mass is 14.8. The van der Waals surface area contributed by atoms with Crippen molar-refractivity contribution in [1.82, 2.24) is 10.7 Å². The van der Waals surface area contributed by atoms with Gasteiger partial charge < -0.3 is 4.98 Å². The Bertz CT molecular complexity index is 213. The van der Waals surface area contributed by atoms with E-state index in [1.165, 1.54) is 5.56 Å². The number of hydrogen-bond acceptors (Lipinski definition) is 0. The second kappa shape index (κ2) is 2.78. The summed E-state index contributed by atoms with van der Waals surface area (Å²) in [5.41, 5.74) is 11.5. The quantitative estimate of drug-likeness (QED) is 0.644. The zero-order valence-electron chi connectivity index (χ0n) is 6.44. The number of nitrogens with one attached hydrogen (secondary N) is 1. The number of nitrogens with zero attached hydrogens (tertiary/aromatic N) is 1. The highest BCUT2D eigenvalue weighted by Gasteiger charge is 2.04. The molecule has 0 aliphatic rings. The lowest BCUT2D eigenvalue weighted by Gasteiger charge is -1.94. The molecule has 0 unspecified atom stereocenters. The fourth-order valence-electron chi connectivity index (χ4n) is 1.19. The van der Waals surface area contributed by atoms with Crippen molar-refractivity contribution in [2.45, 2.75) is 26.7 Å². The van der Waals surface area contributed by atoms with E-state index < -0.39 is 0 Å². The van der Waals surface area contributed by atoms with Crippen molar-refractivity contribution < 1.29 is 0 Å². The average Bonchev–Trinajstić information content (AvgIpc) is 2.30. The Morgan fingerprint density at radius 3 is 2.50 bits per heavy atom. The second-order valence-corrected chi connectivity index (χ2v) is 2.35. The molecule has 0 spiro atoms. The molecule has 0 aliphatic heterocycles.